The summed E-state index contributed by atoms with van der Waals surface area (Å²) in [7, 11) is 1.97. The van der Waals surface area contributed by atoms with Gasteiger partial charge < -0.3 is 4.40 Å². The highest BCUT2D eigenvalue weighted by Crippen LogP contribution is 2.47. The predicted octanol–water partition coefficient (Wildman–Crippen LogP) is 7.07. The Bertz CT molecular complexity index is 1750. The second-order valence-corrected chi connectivity index (χ2v) is 9.05. The van der Waals surface area contributed by atoms with E-state index in [2.05, 4.69) is 31.2 Å². The normalized spacial score (nSPS) is 13.0. The topological polar surface area (TPSA) is 8.29 Å². The largest absolute Gasteiger partial charge is 0.417 e. The second kappa shape index (κ2) is 5.91. The molecule has 0 amide bonds. The van der Waals surface area contributed by atoms with Crippen molar-refractivity contribution in [3.63, 3.8) is 0 Å². The molecule has 32 heavy (non-hydrogen) atoms. The lowest BCUT2D eigenvalue weighted by molar-refractivity contribution is -0.643. The van der Waals surface area contributed by atoms with E-state index in [4.69, 9.17) is 0 Å². The Morgan fingerprint density at radius 1 is 0.781 bits per heavy atom. The molecule has 0 spiro atoms. The van der Waals surface area contributed by atoms with E-state index in [1.165, 1.54) is 11.6 Å². The van der Waals surface area contributed by atoms with E-state index >= 15 is 0 Å². The smallest absolute Gasteiger partial charge is 0.307 e. The van der Waals surface area contributed by atoms with Crippen LogP contribution in [-0.2, 0) is 13.2 Å². The lowest BCUT2D eigenvalue weighted by Crippen LogP contribution is -2.29. The number of pyridine rings is 2. The van der Waals surface area contributed by atoms with Crippen LogP contribution in [-0.4, -0.2) is 4.40 Å². The highest BCUT2D eigenvalue weighted by molar-refractivity contribution is 6.29. The number of fused-ring (bicyclic) bond motifs is 6. The van der Waals surface area contributed by atoms with Gasteiger partial charge in [0, 0.05) is 16.8 Å². The number of hydrogen-bond acceptors (Lipinski definition) is 0. The summed E-state index contributed by atoms with van der Waals surface area (Å²) in [5.74, 6) is 0. The van der Waals surface area contributed by atoms with Gasteiger partial charge in [-0.15, -0.1) is 0 Å². The Balaban J connectivity index is 2.16. The molecule has 3 aromatic carbocycles. The fraction of sp³-hybridized carbons (Fsp3) is 0.222. The number of hydrogen-bond donors (Lipinski definition) is 0. The van der Waals surface area contributed by atoms with Crippen molar-refractivity contribution in [3.05, 3.63) is 70.4 Å². The first-order valence-electron chi connectivity index (χ1n) is 10.7. The zero-order valence-electron chi connectivity index (χ0n) is 18.6. The molecule has 0 unspecified atom stereocenters. The minimum atomic E-state index is -4.45. The van der Waals surface area contributed by atoms with Crippen molar-refractivity contribution in [2.24, 2.45) is 7.05 Å². The molecule has 160 valence electrons. The first kappa shape index (κ1) is 19.4. The fourth-order valence-electron chi connectivity index (χ4n) is 5.68. The van der Waals surface area contributed by atoms with Crippen LogP contribution in [0, 0.1) is 27.7 Å². The lowest BCUT2D eigenvalue weighted by atomic mass is 9.93. The van der Waals surface area contributed by atoms with Crippen molar-refractivity contribution < 1.29 is 17.7 Å². The number of aromatic nitrogens is 2. The molecule has 0 saturated heterocycles. The quantitative estimate of drug-likeness (QED) is 0.138. The van der Waals surface area contributed by atoms with Crippen LogP contribution in [0.25, 0.3) is 49.0 Å². The summed E-state index contributed by atoms with van der Waals surface area (Å²) in [6, 6.07) is 11.0. The molecule has 0 atom stereocenters. The number of nitrogens with zero attached hydrogens (tertiary/aromatic N) is 2. The Morgan fingerprint density at radius 3 is 2.25 bits per heavy atom. The number of benzene rings is 3. The average Bonchev–Trinajstić information content (AvgIpc) is 3.07. The van der Waals surface area contributed by atoms with E-state index in [-0.39, 0.29) is 0 Å². The number of halogens is 3. The third-order valence-electron chi connectivity index (χ3n) is 7.14. The summed E-state index contributed by atoms with van der Waals surface area (Å²) in [5, 5.41) is 3.58. The van der Waals surface area contributed by atoms with E-state index in [1.54, 1.807) is 6.07 Å². The molecule has 0 radical (unpaired) electrons. The Morgan fingerprint density at radius 2 is 1.53 bits per heavy atom. The zero-order valence-corrected chi connectivity index (χ0v) is 18.6. The van der Waals surface area contributed by atoms with Gasteiger partial charge in [-0.05, 0) is 67.5 Å². The van der Waals surface area contributed by atoms with Crippen molar-refractivity contribution in [3.8, 4) is 0 Å². The molecule has 6 rings (SSSR count). The monoisotopic (exact) mass is 431 g/mol. The first-order chi connectivity index (χ1) is 15.1. The molecule has 0 N–H and O–H groups in total. The van der Waals surface area contributed by atoms with Crippen LogP contribution >= 0.6 is 0 Å². The van der Waals surface area contributed by atoms with Gasteiger partial charge in [0.1, 0.15) is 7.05 Å². The van der Waals surface area contributed by atoms with Gasteiger partial charge >= 0.3 is 6.18 Å². The van der Waals surface area contributed by atoms with Crippen LogP contribution in [0.5, 0.6) is 0 Å². The molecule has 0 bridgehead atoms. The Kier molecular flexibility index (Phi) is 3.58. The maximum Gasteiger partial charge on any atom is 0.417 e. The molecule has 6 aromatic rings. The summed E-state index contributed by atoms with van der Waals surface area (Å²) < 4.78 is 47.3. The van der Waals surface area contributed by atoms with Crippen LogP contribution in [0.4, 0.5) is 13.2 Å². The zero-order chi connectivity index (χ0) is 22.7. The Hall–Kier alpha value is -3.34. The number of aryl methyl sites for hydroxylation is 5. The summed E-state index contributed by atoms with van der Waals surface area (Å²) in [5.41, 5.74) is 7.11. The fourth-order valence-corrected chi connectivity index (χ4v) is 5.68. The van der Waals surface area contributed by atoms with Gasteiger partial charge in [0.15, 0.2) is 6.20 Å². The van der Waals surface area contributed by atoms with Gasteiger partial charge in [-0.25, -0.2) is 4.57 Å². The molecule has 5 heteroatoms. The van der Waals surface area contributed by atoms with E-state index in [1.807, 2.05) is 42.9 Å². The van der Waals surface area contributed by atoms with Crippen molar-refractivity contribution in [2.75, 3.05) is 0 Å². The standard InChI is InChI=1S/C27H22F3N2/c1-13-7-6-8-19-20(13)23-18(27(28,29)30)12-17-9-10-31(5)25-21-16(4)14(2)11-15(3)24(21)32(19)26(23)22(17)25/h6-12H,1-5H3/q+1. The van der Waals surface area contributed by atoms with E-state index in [0.717, 1.165) is 44.0 Å². The van der Waals surface area contributed by atoms with Crippen LogP contribution < -0.4 is 4.57 Å². The molecule has 0 aliphatic carbocycles. The van der Waals surface area contributed by atoms with E-state index in [9.17, 15) is 13.2 Å². The van der Waals surface area contributed by atoms with Gasteiger partial charge in [-0.1, -0.05) is 18.2 Å². The van der Waals surface area contributed by atoms with Gasteiger partial charge in [0.05, 0.1) is 32.9 Å². The molecule has 3 heterocycles. The number of alkyl halides is 3. The van der Waals surface area contributed by atoms with Gasteiger partial charge in [-0.3, -0.25) is 0 Å². The summed E-state index contributed by atoms with van der Waals surface area (Å²) >= 11 is 0. The minimum Gasteiger partial charge on any atom is -0.307 e. The molecule has 0 aliphatic heterocycles. The third-order valence-corrected chi connectivity index (χ3v) is 7.14. The lowest BCUT2D eigenvalue weighted by Gasteiger charge is -2.17. The summed E-state index contributed by atoms with van der Waals surface area (Å²) in [4.78, 5) is 0. The molecule has 0 saturated carbocycles. The SMILES string of the molecule is Cc1cc(C)c2c(c1C)c1c3c(cc[n+]1C)cc(C(F)(F)F)c1c4c(C)cccc4n2c13. The molecule has 0 aliphatic rings. The maximum absolute atomic E-state index is 14.4. The predicted molar refractivity (Wildman–Crippen MR) is 124 cm³/mol. The van der Waals surface area contributed by atoms with Crippen LogP contribution in [0.15, 0.2) is 42.6 Å². The Labute approximate surface area is 182 Å². The maximum atomic E-state index is 14.4. The van der Waals surface area contributed by atoms with Gasteiger partial charge in [0.25, 0.3) is 0 Å². The third kappa shape index (κ3) is 2.18. The molecular formula is C27H22F3N2+. The molecular weight excluding hydrogens is 409 g/mol. The molecule has 3 aromatic heterocycles. The highest BCUT2D eigenvalue weighted by atomic mass is 19.4. The highest BCUT2D eigenvalue weighted by Gasteiger charge is 2.37. The van der Waals surface area contributed by atoms with Crippen molar-refractivity contribution >= 4 is 49.0 Å². The van der Waals surface area contributed by atoms with E-state index < -0.39 is 11.7 Å². The van der Waals surface area contributed by atoms with E-state index in [0.29, 0.717) is 21.7 Å². The summed E-state index contributed by atoms with van der Waals surface area (Å²) in [6.07, 6.45) is -2.58. The van der Waals surface area contributed by atoms with Crippen molar-refractivity contribution in [1.82, 2.24) is 4.40 Å². The van der Waals surface area contributed by atoms with Crippen molar-refractivity contribution in [2.45, 2.75) is 33.9 Å². The van der Waals surface area contributed by atoms with Gasteiger partial charge in [-0.2, -0.15) is 13.2 Å². The second-order valence-electron chi connectivity index (χ2n) is 9.05. The van der Waals surface area contributed by atoms with Crippen LogP contribution in [0.2, 0.25) is 0 Å². The average molecular weight is 431 g/mol. The minimum absolute atomic E-state index is 0.300. The van der Waals surface area contributed by atoms with Crippen LogP contribution in [0.1, 0.15) is 27.8 Å². The molecule has 2 nitrogen and oxygen atoms in total. The number of rotatable bonds is 0. The first-order valence-corrected chi connectivity index (χ1v) is 10.7. The molecule has 0 fully saturated rings. The van der Waals surface area contributed by atoms with Crippen molar-refractivity contribution in [1.29, 1.82) is 0 Å². The summed E-state index contributed by atoms with van der Waals surface area (Å²) in [6.45, 7) is 8.15. The van der Waals surface area contributed by atoms with Crippen LogP contribution in [0.3, 0.4) is 0 Å². The van der Waals surface area contributed by atoms with Gasteiger partial charge in [0.2, 0.25) is 5.52 Å².